The highest BCUT2D eigenvalue weighted by Gasteiger charge is 2.47. The zero-order valence-corrected chi connectivity index (χ0v) is 28.6. The predicted molar refractivity (Wildman–Crippen MR) is 169 cm³/mol. The minimum Gasteiger partial charge on any atom is -0.488 e. The average Bonchev–Trinajstić information content (AvgIpc) is 3.56. The average molecular weight is 722 g/mol. The topological polar surface area (TPSA) is 108 Å². The first-order valence-corrected chi connectivity index (χ1v) is 17.4. The molecule has 2 heterocycles. The first-order chi connectivity index (χ1) is 21.8. The van der Waals surface area contributed by atoms with Crippen LogP contribution in [-0.4, -0.2) is 97.8 Å². The van der Waals surface area contributed by atoms with E-state index in [-0.39, 0.29) is 31.1 Å². The van der Waals surface area contributed by atoms with Gasteiger partial charge in [0.15, 0.2) is 0 Å². The van der Waals surface area contributed by atoms with Gasteiger partial charge in [-0.25, -0.2) is 17.9 Å². The van der Waals surface area contributed by atoms with Gasteiger partial charge in [0.1, 0.15) is 17.5 Å². The molecule has 0 saturated carbocycles. The van der Waals surface area contributed by atoms with Crippen molar-refractivity contribution in [2.75, 3.05) is 32.7 Å². The standard InChI is InChI=1S/C31H37Cl2F3N4O6S/c1-18-16-38(11-12-40(18)28(41)31(34,35)36)27-24-13-19(32)14-25(33)23(24)15-26(27)45-21-5-7-22(8-6-21)47(43,44)37-20-9-10-39(17-20)29(42)46-30(2,3)4/h5-8,13-14,18,20,26-27,37H,9-12,15-17H2,1-4H3/t18-,20+,26+,27+/m1/s1. The first-order valence-electron chi connectivity index (χ1n) is 15.2. The summed E-state index contributed by atoms with van der Waals surface area (Å²) in [5.41, 5.74) is 0.924. The number of rotatable bonds is 6. The zero-order chi connectivity index (χ0) is 34.5. The minimum atomic E-state index is -4.96. The second-order valence-corrected chi connectivity index (χ2v) is 15.7. The van der Waals surface area contributed by atoms with Gasteiger partial charge >= 0.3 is 18.2 Å². The van der Waals surface area contributed by atoms with Crippen molar-refractivity contribution in [3.05, 3.63) is 57.6 Å². The molecule has 0 spiro atoms. The smallest absolute Gasteiger partial charge is 0.471 e. The van der Waals surface area contributed by atoms with Gasteiger partial charge in [0, 0.05) is 61.3 Å². The summed E-state index contributed by atoms with van der Waals surface area (Å²) >= 11 is 12.9. The third-order valence-electron chi connectivity index (χ3n) is 8.41. The van der Waals surface area contributed by atoms with Crippen molar-refractivity contribution in [2.45, 2.75) is 81.4 Å². The van der Waals surface area contributed by atoms with E-state index >= 15 is 0 Å². The fourth-order valence-corrected chi connectivity index (χ4v) is 8.21. The minimum absolute atomic E-state index is 0.0148. The van der Waals surface area contributed by atoms with Crippen molar-refractivity contribution < 1.29 is 40.7 Å². The number of hydrogen-bond donors (Lipinski definition) is 1. The van der Waals surface area contributed by atoms with Crippen LogP contribution in [0.25, 0.3) is 0 Å². The maximum absolute atomic E-state index is 13.2. The van der Waals surface area contributed by atoms with Crippen molar-refractivity contribution in [2.24, 2.45) is 0 Å². The van der Waals surface area contributed by atoms with Gasteiger partial charge in [-0.1, -0.05) is 23.2 Å². The number of benzene rings is 2. The van der Waals surface area contributed by atoms with E-state index in [1.807, 2.05) is 4.90 Å². The molecule has 1 N–H and O–H groups in total. The molecule has 2 aromatic rings. The molecule has 47 heavy (non-hydrogen) atoms. The Balaban J connectivity index is 1.28. The number of carbonyl (C=O) groups is 2. The molecule has 5 rings (SSSR count). The van der Waals surface area contributed by atoms with Crippen LogP contribution in [0.15, 0.2) is 41.3 Å². The van der Waals surface area contributed by atoms with Gasteiger partial charge in [0.05, 0.1) is 10.9 Å². The summed E-state index contributed by atoms with van der Waals surface area (Å²) in [7, 11) is -3.92. The number of ether oxygens (including phenoxy) is 2. The van der Waals surface area contributed by atoms with Gasteiger partial charge in [-0.3, -0.25) is 9.69 Å². The molecular weight excluding hydrogens is 684 g/mol. The highest BCUT2D eigenvalue weighted by molar-refractivity contribution is 7.89. The number of nitrogens with one attached hydrogen (secondary N) is 1. The zero-order valence-electron chi connectivity index (χ0n) is 26.3. The largest absolute Gasteiger partial charge is 0.488 e. The Morgan fingerprint density at radius 1 is 1.00 bits per heavy atom. The summed E-state index contributed by atoms with van der Waals surface area (Å²) in [5, 5.41) is 0.837. The van der Waals surface area contributed by atoms with Crippen LogP contribution in [-0.2, 0) is 26.0 Å². The van der Waals surface area contributed by atoms with Gasteiger partial charge in [-0.05, 0) is 81.6 Å². The highest BCUT2D eigenvalue weighted by atomic mass is 35.5. The molecule has 2 aromatic carbocycles. The van der Waals surface area contributed by atoms with Crippen LogP contribution in [0.4, 0.5) is 18.0 Å². The Morgan fingerprint density at radius 2 is 1.68 bits per heavy atom. The Morgan fingerprint density at radius 3 is 2.30 bits per heavy atom. The normalized spacial score (nSPS) is 23.9. The molecule has 4 atom stereocenters. The maximum atomic E-state index is 13.2. The number of halogens is 5. The van der Waals surface area contributed by atoms with Crippen LogP contribution in [0, 0.1) is 0 Å². The van der Waals surface area contributed by atoms with Crippen LogP contribution in [0.5, 0.6) is 5.75 Å². The number of carbonyl (C=O) groups excluding carboxylic acids is 2. The second kappa shape index (κ2) is 13.3. The van der Waals surface area contributed by atoms with Gasteiger partial charge in [0.25, 0.3) is 0 Å². The quantitative estimate of drug-likeness (QED) is 0.425. The highest BCUT2D eigenvalue weighted by Crippen LogP contribution is 2.43. The molecule has 2 aliphatic heterocycles. The summed E-state index contributed by atoms with van der Waals surface area (Å²) in [6, 6.07) is 7.66. The molecular formula is C31H37Cl2F3N4O6S. The summed E-state index contributed by atoms with van der Waals surface area (Å²) in [6.07, 6.45) is -5.18. The molecule has 10 nitrogen and oxygen atoms in total. The fraction of sp³-hybridized carbons (Fsp3) is 0.548. The lowest BCUT2D eigenvalue weighted by molar-refractivity contribution is -0.190. The third kappa shape index (κ3) is 8.10. The van der Waals surface area contributed by atoms with E-state index in [2.05, 4.69) is 4.72 Å². The molecule has 0 radical (unpaired) electrons. The van der Waals surface area contributed by atoms with E-state index in [1.165, 1.54) is 29.2 Å². The summed E-state index contributed by atoms with van der Waals surface area (Å²) in [5.74, 6) is -1.49. The number of hydrogen-bond acceptors (Lipinski definition) is 7. The summed E-state index contributed by atoms with van der Waals surface area (Å²) in [4.78, 5) is 28.7. The molecule has 258 valence electrons. The van der Waals surface area contributed by atoms with E-state index < -0.39 is 58.0 Å². The number of alkyl halides is 3. The third-order valence-corrected chi connectivity index (χ3v) is 10.5. The van der Waals surface area contributed by atoms with Crippen molar-refractivity contribution in [3.8, 4) is 5.75 Å². The summed E-state index contributed by atoms with van der Waals surface area (Å²) in [6.45, 7) is 7.60. The SMILES string of the molecule is C[C@@H]1CN([C@H]2c3cc(Cl)cc(Cl)c3C[C@@H]2Oc2ccc(S(=O)(=O)N[C@H]3CCN(C(=O)OC(C)(C)C)C3)cc2)CCN1C(=O)C(F)(F)F. The van der Waals surface area contributed by atoms with Crippen molar-refractivity contribution >= 4 is 45.2 Å². The van der Waals surface area contributed by atoms with E-state index in [0.717, 1.165) is 16.0 Å². The predicted octanol–water partition coefficient (Wildman–Crippen LogP) is 5.42. The van der Waals surface area contributed by atoms with E-state index in [1.54, 1.807) is 39.8 Å². The molecule has 16 heteroatoms. The number of sulfonamides is 1. The van der Waals surface area contributed by atoms with Crippen LogP contribution in [0.2, 0.25) is 10.0 Å². The van der Waals surface area contributed by atoms with E-state index in [0.29, 0.717) is 35.2 Å². The first kappa shape index (κ1) is 35.5. The van der Waals surface area contributed by atoms with E-state index in [9.17, 15) is 31.2 Å². The molecule has 1 aliphatic carbocycles. The second-order valence-electron chi connectivity index (χ2n) is 13.1. The molecule has 2 amide bonds. The van der Waals surface area contributed by atoms with Gasteiger partial charge in [0.2, 0.25) is 10.0 Å². The molecule has 2 fully saturated rings. The van der Waals surface area contributed by atoms with Gasteiger partial charge < -0.3 is 19.3 Å². The summed E-state index contributed by atoms with van der Waals surface area (Å²) < 4.78 is 80.3. The molecule has 0 bridgehead atoms. The van der Waals surface area contributed by atoms with Gasteiger partial charge in [-0.2, -0.15) is 13.2 Å². The number of likely N-dealkylation sites (tertiary alicyclic amines) is 1. The van der Waals surface area contributed by atoms with Crippen LogP contribution in [0.1, 0.15) is 51.3 Å². The lowest BCUT2D eigenvalue weighted by Crippen LogP contribution is -2.58. The Kier molecular flexibility index (Phi) is 10.0. The van der Waals surface area contributed by atoms with Crippen molar-refractivity contribution in [3.63, 3.8) is 0 Å². The lowest BCUT2D eigenvalue weighted by atomic mass is 10.0. The number of fused-ring (bicyclic) bond motifs is 1. The fourth-order valence-electron chi connectivity index (χ4n) is 6.37. The van der Waals surface area contributed by atoms with Crippen LogP contribution >= 0.6 is 23.2 Å². The Hall–Kier alpha value is -2.78. The lowest BCUT2D eigenvalue weighted by Gasteiger charge is -2.44. The number of nitrogens with zero attached hydrogens (tertiary/aromatic N) is 3. The number of amides is 2. The molecule has 0 aromatic heterocycles. The van der Waals surface area contributed by atoms with E-state index in [4.69, 9.17) is 32.7 Å². The molecule has 2 saturated heterocycles. The van der Waals surface area contributed by atoms with Gasteiger partial charge in [-0.15, -0.1) is 0 Å². The van der Waals surface area contributed by atoms with Crippen molar-refractivity contribution in [1.29, 1.82) is 0 Å². The van der Waals surface area contributed by atoms with Crippen LogP contribution in [0.3, 0.4) is 0 Å². The Labute approximate surface area is 282 Å². The number of piperazine rings is 1. The maximum Gasteiger partial charge on any atom is 0.471 e. The van der Waals surface area contributed by atoms with Crippen molar-refractivity contribution in [1.82, 2.24) is 19.4 Å². The monoisotopic (exact) mass is 720 g/mol. The molecule has 0 unspecified atom stereocenters. The Bertz CT molecular complexity index is 1620. The molecule has 3 aliphatic rings. The van der Waals surface area contributed by atoms with Crippen LogP contribution < -0.4 is 9.46 Å².